The molecule has 0 amide bonds. The van der Waals surface area contributed by atoms with Gasteiger partial charge in [0.2, 0.25) is 0 Å². The Labute approximate surface area is 108 Å². The molecule has 0 radical (unpaired) electrons. The van der Waals surface area contributed by atoms with Crippen molar-refractivity contribution in [3.8, 4) is 5.75 Å². The lowest BCUT2D eigenvalue weighted by molar-refractivity contribution is 0.343. The molecule has 0 saturated heterocycles. The number of ether oxygens (including phenoxy) is 1. The predicted octanol–water partition coefficient (Wildman–Crippen LogP) is 3.80. The second-order valence-electron chi connectivity index (χ2n) is 4.59. The summed E-state index contributed by atoms with van der Waals surface area (Å²) in [5.41, 5.74) is 2.16. The van der Waals surface area contributed by atoms with Gasteiger partial charge < -0.3 is 10.1 Å². The third-order valence-corrected chi connectivity index (χ3v) is 3.00. The number of hydrogen-bond donors (Lipinski definition) is 1. The molecule has 0 saturated carbocycles. The number of benzene rings is 1. The highest BCUT2D eigenvalue weighted by Gasteiger charge is 2.11. The summed E-state index contributed by atoms with van der Waals surface area (Å²) in [4.78, 5) is 4.70. The third-order valence-electron chi connectivity index (χ3n) is 3.00. The molecule has 1 aromatic heterocycles. The largest absolute Gasteiger partial charge is 0.492 e. The first-order valence-electron chi connectivity index (χ1n) is 6.41. The van der Waals surface area contributed by atoms with Crippen LogP contribution in [0.1, 0.15) is 32.3 Å². The molecule has 1 aromatic carbocycles. The molecule has 0 spiro atoms. The van der Waals surface area contributed by atoms with Crippen molar-refractivity contribution < 1.29 is 4.74 Å². The summed E-state index contributed by atoms with van der Waals surface area (Å²) in [6.07, 6.45) is 0. The van der Waals surface area contributed by atoms with E-state index in [0.717, 1.165) is 22.5 Å². The Morgan fingerprint density at radius 3 is 2.72 bits per heavy atom. The molecule has 0 atom stereocenters. The van der Waals surface area contributed by atoms with E-state index >= 15 is 0 Å². The number of rotatable bonds is 4. The van der Waals surface area contributed by atoms with E-state index in [1.807, 2.05) is 26.1 Å². The van der Waals surface area contributed by atoms with Gasteiger partial charge in [0.25, 0.3) is 0 Å². The molecule has 0 aliphatic carbocycles. The first kappa shape index (κ1) is 12.7. The SMILES string of the molecule is CCOc1cccc2cc(C(C)C)c(NC)nc12. The average Bonchev–Trinajstić information content (AvgIpc) is 2.38. The van der Waals surface area contributed by atoms with Crippen LogP contribution in [0.25, 0.3) is 10.9 Å². The van der Waals surface area contributed by atoms with E-state index in [1.165, 1.54) is 5.56 Å². The van der Waals surface area contributed by atoms with Gasteiger partial charge in [-0.1, -0.05) is 26.0 Å². The summed E-state index contributed by atoms with van der Waals surface area (Å²) < 4.78 is 5.63. The number of fused-ring (bicyclic) bond motifs is 1. The summed E-state index contributed by atoms with van der Waals surface area (Å²) >= 11 is 0. The van der Waals surface area contributed by atoms with E-state index in [2.05, 4.69) is 31.3 Å². The summed E-state index contributed by atoms with van der Waals surface area (Å²) in [5.74, 6) is 2.23. The molecule has 0 aliphatic rings. The number of nitrogens with one attached hydrogen (secondary N) is 1. The van der Waals surface area contributed by atoms with Crippen LogP contribution >= 0.6 is 0 Å². The van der Waals surface area contributed by atoms with Gasteiger partial charge in [-0.05, 0) is 30.5 Å². The zero-order chi connectivity index (χ0) is 13.1. The van der Waals surface area contributed by atoms with E-state index in [1.54, 1.807) is 0 Å². The molecule has 3 nitrogen and oxygen atoms in total. The standard InChI is InChI=1S/C15H20N2O/c1-5-18-13-8-6-7-11-9-12(10(2)3)15(16-4)17-14(11)13/h6-10H,5H2,1-4H3,(H,16,17). The number of aromatic nitrogens is 1. The van der Waals surface area contributed by atoms with Crippen LogP contribution in [0, 0.1) is 0 Å². The molecule has 1 heterocycles. The Morgan fingerprint density at radius 1 is 1.33 bits per heavy atom. The van der Waals surface area contributed by atoms with Crippen molar-refractivity contribution in [2.45, 2.75) is 26.7 Å². The molecule has 96 valence electrons. The van der Waals surface area contributed by atoms with Crippen molar-refractivity contribution in [2.24, 2.45) is 0 Å². The van der Waals surface area contributed by atoms with Crippen LogP contribution in [-0.4, -0.2) is 18.6 Å². The average molecular weight is 244 g/mol. The molecular weight excluding hydrogens is 224 g/mol. The fraction of sp³-hybridized carbons (Fsp3) is 0.400. The molecule has 0 unspecified atom stereocenters. The molecule has 3 heteroatoms. The molecule has 0 fully saturated rings. The highest BCUT2D eigenvalue weighted by molar-refractivity contribution is 5.87. The van der Waals surface area contributed by atoms with Gasteiger partial charge in [0, 0.05) is 12.4 Å². The Morgan fingerprint density at radius 2 is 2.11 bits per heavy atom. The van der Waals surface area contributed by atoms with E-state index in [4.69, 9.17) is 9.72 Å². The molecule has 0 bridgehead atoms. The molecule has 0 aliphatic heterocycles. The molecule has 2 aromatic rings. The fourth-order valence-electron chi connectivity index (χ4n) is 2.10. The van der Waals surface area contributed by atoms with E-state index < -0.39 is 0 Å². The number of hydrogen-bond acceptors (Lipinski definition) is 3. The van der Waals surface area contributed by atoms with Gasteiger partial charge in [-0.15, -0.1) is 0 Å². The maximum Gasteiger partial charge on any atom is 0.145 e. The van der Waals surface area contributed by atoms with Crippen LogP contribution in [0.3, 0.4) is 0 Å². The highest BCUT2D eigenvalue weighted by atomic mass is 16.5. The van der Waals surface area contributed by atoms with Crippen LogP contribution in [0.2, 0.25) is 0 Å². The minimum Gasteiger partial charge on any atom is -0.492 e. The first-order chi connectivity index (χ1) is 8.67. The van der Waals surface area contributed by atoms with E-state index in [0.29, 0.717) is 12.5 Å². The van der Waals surface area contributed by atoms with Crippen molar-refractivity contribution in [3.05, 3.63) is 29.8 Å². The lowest BCUT2D eigenvalue weighted by Gasteiger charge is -2.14. The molecule has 1 N–H and O–H groups in total. The summed E-state index contributed by atoms with van der Waals surface area (Å²) in [6.45, 7) is 6.99. The second-order valence-corrected chi connectivity index (χ2v) is 4.59. The van der Waals surface area contributed by atoms with Gasteiger partial charge in [-0.2, -0.15) is 0 Å². The maximum atomic E-state index is 5.63. The van der Waals surface area contributed by atoms with Crippen molar-refractivity contribution in [1.29, 1.82) is 0 Å². The number of para-hydroxylation sites is 1. The van der Waals surface area contributed by atoms with Gasteiger partial charge in [0.05, 0.1) is 6.61 Å². The van der Waals surface area contributed by atoms with Gasteiger partial charge in [0.15, 0.2) is 0 Å². The van der Waals surface area contributed by atoms with E-state index in [9.17, 15) is 0 Å². The first-order valence-corrected chi connectivity index (χ1v) is 6.41. The minimum absolute atomic E-state index is 0.445. The number of nitrogens with zero attached hydrogens (tertiary/aromatic N) is 1. The van der Waals surface area contributed by atoms with Crippen LogP contribution in [0.5, 0.6) is 5.75 Å². The highest BCUT2D eigenvalue weighted by Crippen LogP contribution is 2.30. The Bertz CT molecular complexity index is 549. The van der Waals surface area contributed by atoms with Crippen LogP contribution < -0.4 is 10.1 Å². The smallest absolute Gasteiger partial charge is 0.145 e. The zero-order valence-electron chi connectivity index (χ0n) is 11.4. The second kappa shape index (κ2) is 5.25. The fourth-order valence-corrected chi connectivity index (χ4v) is 2.10. The Kier molecular flexibility index (Phi) is 3.70. The maximum absolute atomic E-state index is 5.63. The summed E-state index contributed by atoms with van der Waals surface area (Å²) in [7, 11) is 1.91. The van der Waals surface area contributed by atoms with Gasteiger partial charge in [0.1, 0.15) is 17.1 Å². The minimum atomic E-state index is 0.445. The Balaban J connectivity index is 2.66. The Hall–Kier alpha value is -1.77. The van der Waals surface area contributed by atoms with Gasteiger partial charge in [-0.25, -0.2) is 4.98 Å². The lowest BCUT2D eigenvalue weighted by atomic mass is 10.0. The molecular formula is C15H20N2O. The van der Waals surface area contributed by atoms with Gasteiger partial charge >= 0.3 is 0 Å². The summed E-state index contributed by atoms with van der Waals surface area (Å²) in [5, 5.41) is 4.30. The van der Waals surface area contributed by atoms with Crippen molar-refractivity contribution >= 4 is 16.7 Å². The van der Waals surface area contributed by atoms with Crippen molar-refractivity contribution in [1.82, 2.24) is 4.98 Å². The normalized spacial score (nSPS) is 10.9. The topological polar surface area (TPSA) is 34.1 Å². The number of anilines is 1. The van der Waals surface area contributed by atoms with Crippen LogP contribution in [0.4, 0.5) is 5.82 Å². The zero-order valence-corrected chi connectivity index (χ0v) is 11.4. The van der Waals surface area contributed by atoms with Crippen LogP contribution in [0.15, 0.2) is 24.3 Å². The van der Waals surface area contributed by atoms with Crippen LogP contribution in [-0.2, 0) is 0 Å². The van der Waals surface area contributed by atoms with Crippen molar-refractivity contribution in [2.75, 3.05) is 19.0 Å². The summed E-state index contributed by atoms with van der Waals surface area (Å²) in [6, 6.07) is 8.25. The third kappa shape index (κ3) is 2.26. The van der Waals surface area contributed by atoms with Gasteiger partial charge in [-0.3, -0.25) is 0 Å². The molecule has 18 heavy (non-hydrogen) atoms. The molecule has 2 rings (SSSR count). The lowest BCUT2D eigenvalue weighted by Crippen LogP contribution is -2.02. The van der Waals surface area contributed by atoms with Crippen molar-refractivity contribution in [3.63, 3.8) is 0 Å². The number of pyridine rings is 1. The van der Waals surface area contributed by atoms with E-state index in [-0.39, 0.29) is 0 Å². The monoisotopic (exact) mass is 244 g/mol. The predicted molar refractivity (Wildman–Crippen MR) is 76.5 cm³/mol. The quantitative estimate of drug-likeness (QED) is 0.888.